The van der Waals surface area contributed by atoms with E-state index < -0.39 is 0 Å². The van der Waals surface area contributed by atoms with Crippen molar-refractivity contribution in [1.82, 2.24) is 0 Å². The first kappa shape index (κ1) is 39.8. The van der Waals surface area contributed by atoms with Crippen molar-refractivity contribution < 1.29 is 4.42 Å². The van der Waals surface area contributed by atoms with Crippen molar-refractivity contribution in [2.24, 2.45) is 0 Å². The van der Waals surface area contributed by atoms with E-state index in [9.17, 15) is 0 Å². The van der Waals surface area contributed by atoms with E-state index in [2.05, 4.69) is 145 Å². The molecule has 1 heterocycles. The van der Waals surface area contributed by atoms with E-state index in [4.69, 9.17) is 4.42 Å². The van der Waals surface area contributed by atoms with Gasteiger partial charge in [0.15, 0.2) is 0 Å². The van der Waals surface area contributed by atoms with Gasteiger partial charge in [-0.15, -0.1) is 0 Å². The van der Waals surface area contributed by atoms with Crippen molar-refractivity contribution in [3.8, 4) is 11.1 Å². The molecule has 50 heavy (non-hydrogen) atoms. The summed E-state index contributed by atoms with van der Waals surface area (Å²) in [6.07, 6.45) is 2.45. The molecule has 1 aromatic heterocycles. The minimum atomic E-state index is 0.0888. The second-order valence-electron chi connectivity index (χ2n) is 12.6. The second kappa shape index (κ2) is 19.0. The van der Waals surface area contributed by atoms with Crippen LogP contribution in [0.25, 0.3) is 43.8 Å². The zero-order chi connectivity index (χ0) is 36.8. The van der Waals surface area contributed by atoms with E-state index in [1.807, 2.05) is 59.7 Å². The van der Waals surface area contributed by atoms with Crippen molar-refractivity contribution in [3.05, 3.63) is 155 Å². The van der Waals surface area contributed by atoms with Crippen LogP contribution in [0.5, 0.6) is 0 Å². The number of hydrogen-bond acceptors (Lipinski definition) is 1. The molecule has 0 unspecified atom stereocenters. The van der Waals surface area contributed by atoms with Gasteiger partial charge >= 0.3 is 0 Å². The maximum absolute atomic E-state index is 5.78. The SMILES string of the molecule is CC.CC.CC.CCCc1ccccc1.Cc1ccc2c(c1)C(C)(C)c1cc(C)c3ccccc3c1-2.Cc1cccc2c1oc1ccccc12. The number of benzene rings is 6. The number of fused-ring (bicyclic) bond motifs is 8. The van der Waals surface area contributed by atoms with Crippen LogP contribution in [-0.2, 0) is 11.8 Å². The van der Waals surface area contributed by atoms with Crippen LogP contribution in [0.4, 0.5) is 0 Å². The molecule has 0 atom stereocenters. The first-order chi connectivity index (χ1) is 24.3. The number of rotatable bonds is 2. The van der Waals surface area contributed by atoms with Crippen molar-refractivity contribution in [3.63, 3.8) is 0 Å². The zero-order valence-electron chi connectivity index (χ0n) is 32.9. The lowest BCUT2D eigenvalue weighted by atomic mass is 9.81. The van der Waals surface area contributed by atoms with Gasteiger partial charge in [-0.2, -0.15) is 0 Å². The van der Waals surface area contributed by atoms with Crippen LogP contribution in [0, 0.1) is 20.8 Å². The van der Waals surface area contributed by atoms with Crippen LogP contribution in [0.3, 0.4) is 0 Å². The highest BCUT2D eigenvalue weighted by Gasteiger charge is 2.36. The molecule has 1 nitrogen and oxygen atoms in total. The molecule has 0 N–H and O–H groups in total. The lowest BCUT2D eigenvalue weighted by molar-refractivity contribution is 0.659. The van der Waals surface area contributed by atoms with Gasteiger partial charge < -0.3 is 4.42 Å². The summed E-state index contributed by atoms with van der Waals surface area (Å²) in [5.41, 5.74) is 13.2. The van der Waals surface area contributed by atoms with Gasteiger partial charge in [0.2, 0.25) is 0 Å². The maximum Gasteiger partial charge on any atom is 0.138 e. The normalized spacial score (nSPS) is 11.5. The van der Waals surface area contributed by atoms with Gasteiger partial charge in [-0.1, -0.05) is 190 Å². The molecule has 0 fully saturated rings. The summed E-state index contributed by atoms with van der Waals surface area (Å²) < 4.78 is 5.78. The second-order valence-corrected chi connectivity index (χ2v) is 12.6. The highest BCUT2D eigenvalue weighted by atomic mass is 16.3. The topological polar surface area (TPSA) is 13.1 Å². The van der Waals surface area contributed by atoms with Crippen LogP contribution in [0.1, 0.15) is 102 Å². The molecule has 1 aliphatic rings. The van der Waals surface area contributed by atoms with E-state index in [0.29, 0.717) is 0 Å². The molecule has 6 aromatic carbocycles. The highest BCUT2D eigenvalue weighted by molar-refractivity contribution is 6.06. The molecular formula is C49H60O. The summed E-state index contributed by atoms with van der Waals surface area (Å²) in [6.45, 7) is 25.4. The Balaban J connectivity index is 0.000000202. The third kappa shape index (κ3) is 8.56. The predicted octanol–water partition coefficient (Wildman–Crippen LogP) is 15.4. The van der Waals surface area contributed by atoms with Crippen LogP contribution in [0.15, 0.2) is 126 Å². The molecule has 0 aliphatic heterocycles. The molecule has 1 heteroatoms. The van der Waals surface area contributed by atoms with Gasteiger partial charge in [0.1, 0.15) is 11.2 Å². The predicted molar refractivity (Wildman–Crippen MR) is 224 cm³/mol. The Morgan fingerprint density at radius 1 is 0.520 bits per heavy atom. The molecular weight excluding hydrogens is 605 g/mol. The van der Waals surface area contributed by atoms with Gasteiger partial charge in [0.05, 0.1) is 0 Å². The van der Waals surface area contributed by atoms with Crippen molar-refractivity contribution >= 4 is 32.7 Å². The highest BCUT2D eigenvalue weighted by Crippen LogP contribution is 2.52. The third-order valence-electron chi connectivity index (χ3n) is 9.03. The van der Waals surface area contributed by atoms with Crippen LogP contribution in [0.2, 0.25) is 0 Å². The fourth-order valence-electron chi connectivity index (χ4n) is 6.70. The number of para-hydroxylation sites is 2. The molecule has 1 aliphatic carbocycles. The monoisotopic (exact) mass is 664 g/mol. The van der Waals surface area contributed by atoms with Crippen molar-refractivity contribution in [2.75, 3.05) is 0 Å². The molecule has 8 rings (SSSR count). The van der Waals surface area contributed by atoms with E-state index in [1.54, 1.807) is 0 Å². The third-order valence-corrected chi connectivity index (χ3v) is 9.03. The number of aryl methyl sites for hydroxylation is 4. The molecule has 262 valence electrons. The van der Waals surface area contributed by atoms with Crippen LogP contribution in [-0.4, -0.2) is 0 Å². The summed E-state index contributed by atoms with van der Waals surface area (Å²) in [7, 11) is 0. The van der Waals surface area contributed by atoms with E-state index in [0.717, 1.165) is 11.2 Å². The van der Waals surface area contributed by atoms with E-state index >= 15 is 0 Å². The van der Waals surface area contributed by atoms with Crippen LogP contribution < -0.4 is 0 Å². The van der Waals surface area contributed by atoms with Gasteiger partial charge in [0, 0.05) is 16.2 Å². The fraction of sp³-hybridized carbons (Fsp3) is 0.306. The number of hydrogen-bond donors (Lipinski definition) is 0. The summed E-state index contributed by atoms with van der Waals surface area (Å²) in [5, 5.41) is 5.18. The molecule has 0 radical (unpaired) electrons. The fourth-order valence-corrected chi connectivity index (χ4v) is 6.70. The largest absolute Gasteiger partial charge is 0.456 e. The van der Waals surface area contributed by atoms with Gasteiger partial charge in [-0.25, -0.2) is 0 Å². The molecule has 0 saturated carbocycles. The lowest BCUT2D eigenvalue weighted by Gasteiger charge is -2.22. The summed E-state index contributed by atoms with van der Waals surface area (Å²) in [6, 6.07) is 43.1. The van der Waals surface area contributed by atoms with Gasteiger partial charge in [-0.3, -0.25) is 0 Å². The standard InChI is InChI=1S/C21H20.C13H10O.C9H12.3C2H6/c1-13-9-10-17-18(11-13)21(3,4)19-12-14(2)15-7-5-6-8-16(15)20(17)19;1-9-5-4-7-11-10-6-2-3-8-12(10)14-13(9)11;1-2-6-9-7-4-3-5-8-9;3*1-2/h5-12H,1-4H3;2-8H,1H3;3-5,7-8H,2,6H2,1H3;3*1-2H3. The average molecular weight is 665 g/mol. The van der Waals surface area contributed by atoms with Crippen LogP contribution >= 0.6 is 0 Å². The first-order valence-electron chi connectivity index (χ1n) is 18.8. The Hall–Kier alpha value is -4.62. The quantitative estimate of drug-likeness (QED) is 0.179. The summed E-state index contributed by atoms with van der Waals surface area (Å²) in [5.74, 6) is 0. The lowest BCUT2D eigenvalue weighted by Crippen LogP contribution is -2.15. The molecule has 0 saturated heterocycles. The molecule has 0 spiro atoms. The molecule has 0 amide bonds. The number of furan rings is 1. The summed E-state index contributed by atoms with van der Waals surface area (Å²) >= 11 is 0. The van der Waals surface area contributed by atoms with E-state index in [1.165, 1.54) is 78.9 Å². The Morgan fingerprint density at radius 3 is 1.76 bits per heavy atom. The smallest absolute Gasteiger partial charge is 0.138 e. The average Bonchev–Trinajstić information content (AvgIpc) is 3.65. The molecule has 7 aromatic rings. The first-order valence-corrected chi connectivity index (χ1v) is 18.8. The Labute approximate surface area is 303 Å². The van der Waals surface area contributed by atoms with Gasteiger partial charge in [-0.05, 0) is 83.0 Å². The maximum atomic E-state index is 5.78. The Kier molecular flexibility index (Phi) is 15.1. The van der Waals surface area contributed by atoms with Crippen molar-refractivity contribution in [2.45, 2.75) is 101 Å². The minimum Gasteiger partial charge on any atom is -0.456 e. The molecule has 0 bridgehead atoms. The van der Waals surface area contributed by atoms with Crippen molar-refractivity contribution in [1.29, 1.82) is 0 Å². The minimum absolute atomic E-state index is 0.0888. The van der Waals surface area contributed by atoms with E-state index in [-0.39, 0.29) is 5.41 Å². The Bertz CT molecular complexity index is 2070. The zero-order valence-corrected chi connectivity index (χ0v) is 32.9. The Morgan fingerprint density at radius 2 is 1.10 bits per heavy atom. The summed E-state index contributed by atoms with van der Waals surface area (Å²) in [4.78, 5) is 0. The van der Waals surface area contributed by atoms with Gasteiger partial charge in [0.25, 0.3) is 0 Å².